The van der Waals surface area contributed by atoms with E-state index in [1.165, 1.54) is 28.7 Å². The van der Waals surface area contributed by atoms with Gasteiger partial charge >= 0.3 is 0 Å². The second-order valence-electron chi connectivity index (χ2n) is 8.96. The van der Waals surface area contributed by atoms with Crippen molar-refractivity contribution >= 4 is 28.3 Å². The van der Waals surface area contributed by atoms with E-state index in [1.54, 1.807) is 17.0 Å². The van der Waals surface area contributed by atoms with Crippen LogP contribution in [0.5, 0.6) is 0 Å². The number of anilines is 1. The molecule has 4 aromatic rings. The molecule has 0 radical (unpaired) electrons. The Morgan fingerprint density at radius 1 is 0.943 bits per heavy atom. The molecule has 1 aliphatic rings. The van der Waals surface area contributed by atoms with Crippen molar-refractivity contribution in [3.05, 3.63) is 83.8 Å². The fourth-order valence-corrected chi connectivity index (χ4v) is 5.29. The summed E-state index contributed by atoms with van der Waals surface area (Å²) in [5.41, 5.74) is 5.35. The number of likely N-dealkylation sites (tertiary alicyclic amines) is 1. The molecule has 0 spiro atoms. The van der Waals surface area contributed by atoms with E-state index in [0.717, 1.165) is 21.7 Å². The summed E-state index contributed by atoms with van der Waals surface area (Å²) in [7, 11) is 0. The third-order valence-corrected chi connectivity index (χ3v) is 7.40. The molecule has 5 rings (SSSR count). The predicted molar refractivity (Wildman–Crippen MR) is 138 cm³/mol. The van der Waals surface area contributed by atoms with Crippen LogP contribution in [0.15, 0.2) is 71.3 Å². The Balaban J connectivity index is 1.32. The van der Waals surface area contributed by atoms with Gasteiger partial charge in [0, 0.05) is 24.6 Å². The van der Waals surface area contributed by atoms with E-state index in [9.17, 15) is 9.59 Å². The second kappa shape index (κ2) is 9.88. The number of benzene rings is 2. The van der Waals surface area contributed by atoms with Gasteiger partial charge in [0.15, 0.2) is 10.9 Å². The maximum atomic E-state index is 13.1. The molecule has 7 heteroatoms. The van der Waals surface area contributed by atoms with Gasteiger partial charge in [0.05, 0.1) is 16.8 Å². The van der Waals surface area contributed by atoms with Gasteiger partial charge in [-0.25, -0.2) is 4.98 Å². The number of aryl methyl sites for hydroxylation is 2. The van der Waals surface area contributed by atoms with Crippen LogP contribution in [0.1, 0.15) is 34.5 Å². The SMILES string of the molecule is Cc1ccc(-c2nc(NC(=O)C3CCN(C(=O)c4ccco4)CC3)sc2-c2ccc(C)cc2)cc1. The van der Waals surface area contributed by atoms with Crippen molar-refractivity contribution in [2.24, 2.45) is 5.92 Å². The number of piperidine rings is 1. The number of thiazole rings is 1. The van der Waals surface area contributed by atoms with E-state index >= 15 is 0 Å². The normalized spacial score (nSPS) is 14.2. The Morgan fingerprint density at radius 2 is 1.57 bits per heavy atom. The van der Waals surface area contributed by atoms with E-state index in [1.807, 2.05) is 0 Å². The summed E-state index contributed by atoms with van der Waals surface area (Å²) in [4.78, 5) is 33.2. The number of nitrogens with one attached hydrogen (secondary N) is 1. The van der Waals surface area contributed by atoms with Crippen molar-refractivity contribution < 1.29 is 14.0 Å². The highest BCUT2D eigenvalue weighted by Crippen LogP contribution is 2.39. The molecule has 0 bridgehead atoms. The Labute approximate surface area is 208 Å². The van der Waals surface area contributed by atoms with E-state index in [4.69, 9.17) is 9.40 Å². The molecule has 1 saturated heterocycles. The minimum Gasteiger partial charge on any atom is -0.459 e. The number of rotatable bonds is 5. The fraction of sp³-hybridized carbons (Fsp3) is 0.250. The fourth-order valence-electron chi connectivity index (χ4n) is 4.29. The molecule has 1 fully saturated rings. The lowest BCUT2D eigenvalue weighted by atomic mass is 9.96. The molecule has 0 saturated carbocycles. The lowest BCUT2D eigenvalue weighted by molar-refractivity contribution is -0.121. The van der Waals surface area contributed by atoms with Crippen LogP contribution in [-0.2, 0) is 4.79 Å². The highest BCUT2D eigenvalue weighted by atomic mass is 32.1. The Hall–Kier alpha value is -3.71. The van der Waals surface area contributed by atoms with E-state index in [2.05, 4.69) is 67.7 Å². The van der Waals surface area contributed by atoms with Crippen LogP contribution in [0, 0.1) is 19.8 Å². The number of aromatic nitrogens is 1. The van der Waals surface area contributed by atoms with Gasteiger partial charge in [0.1, 0.15) is 0 Å². The smallest absolute Gasteiger partial charge is 0.289 e. The minimum absolute atomic E-state index is 0.0465. The number of hydrogen-bond donors (Lipinski definition) is 1. The van der Waals surface area contributed by atoms with Crippen molar-refractivity contribution in [1.29, 1.82) is 0 Å². The molecular formula is C28H27N3O3S. The zero-order valence-corrected chi connectivity index (χ0v) is 20.6. The van der Waals surface area contributed by atoms with Crippen molar-refractivity contribution in [3.8, 4) is 21.7 Å². The molecule has 2 aromatic carbocycles. The first-order valence-corrected chi connectivity index (χ1v) is 12.6. The topological polar surface area (TPSA) is 75.4 Å². The summed E-state index contributed by atoms with van der Waals surface area (Å²) in [6.07, 6.45) is 2.72. The molecular weight excluding hydrogens is 458 g/mol. The van der Waals surface area contributed by atoms with Crippen molar-refractivity contribution in [2.75, 3.05) is 18.4 Å². The van der Waals surface area contributed by atoms with Gasteiger partial charge in [-0.3, -0.25) is 9.59 Å². The average molecular weight is 486 g/mol. The molecule has 3 heterocycles. The molecule has 2 amide bonds. The van der Waals surface area contributed by atoms with Crippen LogP contribution in [0.3, 0.4) is 0 Å². The molecule has 1 N–H and O–H groups in total. The van der Waals surface area contributed by atoms with Crippen LogP contribution in [-0.4, -0.2) is 34.8 Å². The van der Waals surface area contributed by atoms with Crippen LogP contribution in [0.25, 0.3) is 21.7 Å². The number of amides is 2. The molecule has 0 unspecified atom stereocenters. The van der Waals surface area contributed by atoms with Gasteiger partial charge in [-0.2, -0.15) is 0 Å². The number of carbonyl (C=O) groups excluding carboxylic acids is 2. The number of nitrogens with zero attached hydrogens (tertiary/aromatic N) is 2. The van der Waals surface area contributed by atoms with Crippen molar-refractivity contribution in [1.82, 2.24) is 9.88 Å². The summed E-state index contributed by atoms with van der Waals surface area (Å²) >= 11 is 1.49. The summed E-state index contributed by atoms with van der Waals surface area (Å²) in [6.45, 7) is 5.18. The summed E-state index contributed by atoms with van der Waals surface area (Å²) in [5.74, 6) is 0.00202. The molecule has 6 nitrogen and oxygen atoms in total. The molecule has 0 atom stereocenters. The predicted octanol–water partition coefficient (Wildman–Crippen LogP) is 6.18. The van der Waals surface area contributed by atoms with Crippen LogP contribution in [0.4, 0.5) is 5.13 Å². The van der Waals surface area contributed by atoms with Gasteiger partial charge in [0.2, 0.25) is 5.91 Å². The quantitative estimate of drug-likeness (QED) is 0.366. The number of carbonyl (C=O) groups is 2. The lowest BCUT2D eigenvalue weighted by Gasteiger charge is -2.30. The first kappa shape index (κ1) is 23.1. The zero-order valence-electron chi connectivity index (χ0n) is 19.8. The first-order chi connectivity index (χ1) is 17.0. The Morgan fingerprint density at radius 3 is 2.17 bits per heavy atom. The molecule has 178 valence electrons. The van der Waals surface area contributed by atoms with Gasteiger partial charge in [0.25, 0.3) is 5.91 Å². The lowest BCUT2D eigenvalue weighted by Crippen LogP contribution is -2.41. The third kappa shape index (κ3) is 5.05. The first-order valence-electron chi connectivity index (χ1n) is 11.8. The van der Waals surface area contributed by atoms with Crippen molar-refractivity contribution in [3.63, 3.8) is 0 Å². The zero-order chi connectivity index (χ0) is 24.4. The minimum atomic E-state index is -0.162. The average Bonchev–Trinajstić information content (AvgIpc) is 3.55. The van der Waals surface area contributed by atoms with E-state index in [-0.39, 0.29) is 17.7 Å². The van der Waals surface area contributed by atoms with Gasteiger partial charge < -0.3 is 14.6 Å². The largest absolute Gasteiger partial charge is 0.459 e. The van der Waals surface area contributed by atoms with E-state index in [0.29, 0.717) is 36.8 Å². The monoisotopic (exact) mass is 485 g/mol. The van der Waals surface area contributed by atoms with Gasteiger partial charge in [-0.1, -0.05) is 71.0 Å². The van der Waals surface area contributed by atoms with Crippen LogP contribution < -0.4 is 5.32 Å². The number of hydrogen-bond acceptors (Lipinski definition) is 5. The van der Waals surface area contributed by atoms with Crippen LogP contribution in [0.2, 0.25) is 0 Å². The standard InChI is InChI=1S/C28H27N3O3S/c1-18-5-9-20(10-6-18)24-25(21-11-7-19(2)8-12-21)35-28(29-24)30-26(32)22-13-15-31(16-14-22)27(33)23-4-3-17-34-23/h3-12,17,22H,13-16H2,1-2H3,(H,29,30,32). The van der Waals surface area contributed by atoms with Crippen molar-refractivity contribution in [2.45, 2.75) is 26.7 Å². The Bertz CT molecular complexity index is 1250. The summed E-state index contributed by atoms with van der Waals surface area (Å²) in [5, 5.41) is 3.65. The van der Waals surface area contributed by atoms with Gasteiger partial charge in [-0.05, 0) is 44.4 Å². The third-order valence-electron chi connectivity index (χ3n) is 6.38. The second-order valence-corrected chi connectivity index (χ2v) is 9.96. The van der Waals surface area contributed by atoms with Crippen LogP contribution >= 0.6 is 11.3 Å². The molecule has 0 aliphatic carbocycles. The molecule has 35 heavy (non-hydrogen) atoms. The highest BCUT2D eigenvalue weighted by Gasteiger charge is 2.29. The maximum Gasteiger partial charge on any atom is 0.289 e. The van der Waals surface area contributed by atoms with Gasteiger partial charge in [-0.15, -0.1) is 0 Å². The Kier molecular flexibility index (Phi) is 6.51. The molecule has 2 aromatic heterocycles. The summed E-state index contributed by atoms with van der Waals surface area (Å²) in [6, 6.07) is 20.0. The summed E-state index contributed by atoms with van der Waals surface area (Å²) < 4.78 is 5.22. The molecule has 1 aliphatic heterocycles. The highest BCUT2D eigenvalue weighted by molar-refractivity contribution is 7.19. The van der Waals surface area contributed by atoms with E-state index < -0.39 is 0 Å². The number of furan rings is 1. The maximum absolute atomic E-state index is 13.1.